The van der Waals surface area contributed by atoms with Gasteiger partial charge < -0.3 is 10.1 Å². The second-order valence-corrected chi connectivity index (χ2v) is 5.38. The van der Waals surface area contributed by atoms with Crippen LogP contribution in [-0.2, 0) is 17.7 Å². The van der Waals surface area contributed by atoms with Crippen LogP contribution in [0.25, 0.3) is 0 Å². The monoisotopic (exact) mass is 280 g/mol. The molecule has 0 spiro atoms. The molecule has 1 aliphatic rings. The Morgan fingerprint density at radius 2 is 2.25 bits per heavy atom. The second-order valence-electron chi connectivity index (χ2n) is 5.38. The van der Waals surface area contributed by atoms with Crippen molar-refractivity contribution in [2.24, 2.45) is 0 Å². The van der Waals surface area contributed by atoms with Crippen molar-refractivity contribution in [1.29, 1.82) is 0 Å². The Kier molecular flexibility index (Phi) is 6.01. The average molecular weight is 280 g/mol. The molecule has 0 amide bonds. The van der Waals surface area contributed by atoms with Crippen LogP contribution in [0.4, 0.5) is 0 Å². The zero-order chi connectivity index (χ0) is 14.4. The fourth-order valence-corrected chi connectivity index (χ4v) is 2.80. The molecule has 2 rings (SSSR count). The van der Waals surface area contributed by atoms with Crippen LogP contribution in [-0.4, -0.2) is 59.6 Å². The number of ether oxygens (including phenoxy) is 1. The molecule has 1 aromatic heterocycles. The molecular weight excluding hydrogens is 252 g/mol. The van der Waals surface area contributed by atoms with Gasteiger partial charge in [-0.3, -0.25) is 9.58 Å². The van der Waals surface area contributed by atoms with E-state index in [0.717, 1.165) is 45.8 Å². The summed E-state index contributed by atoms with van der Waals surface area (Å²) >= 11 is 0. The van der Waals surface area contributed by atoms with Crippen LogP contribution in [0, 0.1) is 0 Å². The minimum absolute atomic E-state index is 0.272. The molecule has 1 fully saturated rings. The quantitative estimate of drug-likeness (QED) is 0.813. The minimum atomic E-state index is 0.272. The van der Waals surface area contributed by atoms with Crippen LogP contribution in [0.3, 0.4) is 0 Å². The van der Waals surface area contributed by atoms with Crippen molar-refractivity contribution >= 4 is 0 Å². The van der Waals surface area contributed by atoms with Gasteiger partial charge in [0, 0.05) is 31.9 Å². The van der Waals surface area contributed by atoms with Gasteiger partial charge in [-0.05, 0) is 32.0 Å². The number of aryl methyl sites for hydroxylation is 1. The van der Waals surface area contributed by atoms with E-state index < -0.39 is 0 Å². The van der Waals surface area contributed by atoms with Crippen LogP contribution in [0.5, 0.6) is 0 Å². The molecule has 1 N–H and O–H groups in total. The lowest BCUT2D eigenvalue weighted by atomic mass is 10.0. The minimum Gasteiger partial charge on any atom is -0.374 e. The molecular formula is C15H28N4O. The van der Waals surface area contributed by atoms with E-state index in [1.807, 2.05) is 10.9 Å². The topological polar surface area (TPSA) is 42.3 Å². The lowest BCUT2D eigenvalue weighted by Crippen LogP contribution is -2.53. The first-order chi connectivity index (χ1) is 9.76. The van der Waals surface area contributed by atoms with E-state index in [4.69, 9.17) is 4.74 Å². The van der Waals surface area contributed by atoms with Gasteiger partial charge in [-0.1, -0.05) is 13.8 Å². The molecule has 1 aromatic rings. The number of aromatic nitrogens is 2. The summed E-state index contributed by atoms with van der Waals surface area (Å²) in [5, 5.41) is 7.95. The van der Waals surface area contributed by atoms with Gasteiger partial charge in [-0.2, -0.15) is 5.10 Å². The van der Waals surface area contributed by atoms with Crippen molar-refractivity contribution < 1.29 is 4.74 Å². The number of hydrogen-bond acceptors (Lipinski definition) is 4. The number of likely N-dealkylation sites (N-methyl/N-ethyl adjacent to an activating group) is 2. The molecule has 0 saturated carbocycles. The molecule has 114 valence electrons. The highest BCUT2D eigenvalue weighted by atomic mass is 16.5. The predicted molar refractivity (Wildman–Crippen MR) is 80.9 cm³/mol. The lowest BCUT2D eigenvalue weighted by Gasteiger charge is -2.36. The normalized spacial score (nSPS) is 22.1. The fraction of sp³-hybridized carbons (Fsp3) is 0.800. The fourth-order valence-electron chi connectivity index (χ4n) is 2.80. The van der Waals surface area contributed by atoms with Crippen molar-refractivity contribution in [3.63, 3.8) is 0 Å². The Labute approximate surface area is 122 Å². The molecule has 0 radical (unpaired) electrons. The van der Waals surface area contributed by atoms with Crippen LogP contribution in [0.15, 0.2) is 12.4 Å². The maximum absolute atomic E-state index is 6.00. The summed E-state index contributed by atoms with van der Waals surface area (Å²) in [4.78, 5) is 2.47. The van der Waals surface area contributed by atoms with Crippen LogP contribution >= 0.6 is 0 Å². The molecule has 1 saturated heterocycles. The maximum atomic E-state index is 6.00. The van der Waals surface area contributed by atoms with Crippen molar-refractivity contribution in [2.45, 2.75) is 45.9 Å². The van der Waals surface area contributed by atoms with E-state index in [1.54, 1.807) is 0 Å². The highest BCUT2D eigenvalue weighted by molar-refractivity contribution is 5.07. The van der Waals surface area contributed by atoms with Gasteiger partial charge in [0.2, 0.25) is 0 Å². The Hall–Kier alpha value is -0.910. The van der Waals surface area contributed by atoms with E-state index in [9.17, 15) is 0 Å². The summed E-state index contributed by atoms with van der Waals surface area (Å²) in [5.41, 5.74) is 1.29. The Morgan fingerprint density at radius 1 is 1.40 bits per heavy atom. The second kappa shape index (κ2) is 7.76. The Bertz CT molecular complexity index is 393. The number of morpholine rings is 1. The number of nitrogens with zero attached hydrogens (tertiary/aromatic N) is 3. The molecule has 5 nitrogen and oxygen atoms in total. The van der Waals surface area contributed by atoms with Crippen molar-refractivity contribution in [2.75, 3.05) is 32.8 Å². The number of rotatable bonds is 7. The Morgan fingerprint density at radius 3 is 2.90 bits per heavy atom. The van der Waals surface area contributed by atoms with Gasteiger partial charge in [0.1, 0.15) is 0 Å². The Balaban J connectivity index is 1.98. The molecule has 0 bridgehead atoms. The lowest BCUT2D eigenvalue weighted by molar-refractivity contribution is -0.0445. The molecule has 1 aliphatic heterocycles. The average Bonchev–Trinajstić information content (AvgIpc) is 2.94. The summed E-state index contributed by atoms with van der Waals surface area (Å²) in [6.45, 7) is 12.4. The first-order valence-electron chi connectivity index (χ1n) is 7.85. The highest BCUT2D eigenvalue weighted by Gasteiger charge is 2.27. The molecule has 20 heavy (non-hydrogen) atoms. The van der Waals surface area contributed by atoms with E-state index >= 15 is 0 Å². The van der Waals surface area contributed by atoms with E-state index in [2.05, 4.69) is 42.3 Å². The summed E-state index contributed by atoms with van der Waals surface area (Å²) in [6, 6.07) is 0.365. The third-order valence-electron chi connectivity index (χ3n) is 4.01. The zero-order valence-electron chi connectivity index (χ0n) is 13.0. The standard InChI is InChI=1S/C15H28N4O/c1-4-16-14(9-13-10-17-19(6-3)11-13)15-12-18(5-2)7-8-20-15/h10-11,14-16H,4-9,12H2,1-3H3. The molecule has 5 heteroatoms. The van der Waals surface area contributed by atoms with Crippen molar-refractivity contribution in [3.05, 3.63) is 18.0 Å². The number of nitrogens with one attached hydrogen (secondary N) is 1. The first-order valence-corrected chi connectivity index (χ1v) is 7.85. The van der Waals surface area contributed by atoms with Gasteiger partial charge >= 0.3 is 0 Å². The largest absolute Gasteiger partial charge is 0.374 e. The third-order valence-corrected chi connectivity index (χ3v) is 4.01. The van der Waals surface area contributed by atoms with Gasteiger partial charge in [0.15, 0.2) is 0 Å². The molecule has 2 atom stereocenters. The smallest absolute Gasteiger partial charge is 0.0858 e. The van der Waals surface area contributed by atoms with E-state index in [-0.39, 0.29) is 6.10 Å². The summed E-state index contributed by atoms with van der Waals surface area (Å²) in [6.07, 6.45) is 5.38. The molecule has 2 heterocycles. The summed E-state index contributed by atoms with van der Waals surface area (Å²) in [7, 11) is 0. The SMILES string of the molecule is CCNC(Cc1cnn(CC)c1)C1CN(CC)CCO1. The van der Waals surface area contributed by atoms with E-state index in [0.29, 0.717) is 6.04 Å². The van der Waals surface area contributed by atoms with E-state index in [1.165, 1.54) is 5.56 Å². The zero-order valence-corrected chi connectivity index (χ0v) is 13.0. The van der Waals surface area contributed by atoms with Crippen LogP contribution in [0.1, 0.15) is 26.3 Å². The highest BCUT2D eigenvalue weighted by Crippen LogP contribution is 2.13. The third kappa shape index (κ3) is 4.04. The van der Waals surface area contributed by atoms with Crippen LogP contribution < -0.4 is 5.32 Å². The summed E-state index contributed by atoms with van der Waals surface area (Å²) in [5.74, 6) is 0. The molecule has 0 aromatic carbocycles. The van der Waals surface area contributed by atoms with Crippen LogP contribution in [0.2, 0.25) is 0 Å². The summed E-state index contributed by atoms with van der Waals surface area (Å²) < 4.78 is 7.98. The maximum Gasteiger partial charge on any atom is 0.0858 e. The van der Waals surface area contributed by atoms with Crippen molar-refractivity contribution in [1.82, 2.24) is 20.0 Å². The first kappa shape index (κ1) is 15.5. The van der Waals surface area contributed by atoms with Gasteiger partial charge in [-0.25, -0.2) is 0 Å². The number of hydrogen-bond donors (Lipinski definition) is 1. The predicted octanol–water partition coefficient (Wildman–Crippen LogP) is 1.14. The molecule has 2 unspecified atom stereocenters. The van der Waals surface area contributed by atoms with Gasteiger partial charge in [-0.15, -0.1) is 0 Å². The van der Waals surface area contributed by atoms with Gasteiger partial charge in [0.25, 0.3) is 0 Å². The van der Waals surface area contributed by atoms with Gasteiger partial charge in [0.05, 0.1) is 18.9 Å². The van der Waals surface area contributed by atoms with Crippen molar-refractivity contribution in [3.8, 4) is 0 Å². The molecule has 0 aliphatic carbocycles.